The molecular formula is C13H18O2. The highest BCUT2D eigenvalue weighted by Gasteiger charge is 2.48. The van der Waals surface area contributed by atoms with Crippen LogP contribution in [0.4, 0.5) is 0 Å². The molecule has 2 unspecified atom stereocenters. The van der Waals surface area contributed by atoms with Gasteiger partial charge in [0.1, 0.15) is 0 Å². The van der Waals surface area contributed by atoms with Crippen LogP contribution in [0.2, 0.25) is 0 Å². The highest BCUT2D eigenvalue weighted by molar-refractivity contribution is 5.75. The first-order valence-electron chi connectivity index (χ1n) is 5.75. The Morgan fingerprint density at radius 1 is 1.40 bits per heavy atom. The molecule has 4 atom stereocenters. The average molecular weight is 206 g/mol. The molecule has 2 heteroatoms. The van der Waals surface area contributed by atoms with Crippen molar-refractivity contribution in [2.24, 2.45) is 23.7 Å². The lowest BCUT2D eigenvalue weighted by Crippen LogP contribution is -2.16. The van der Waals surface area contributed by atoms with E-state index in [1.165, 1.54) is 0 Å². The number of hydrogen-bond acceptors (Lipinski definition) is 2. The second-order valence-corrected chi connectivity index (χ2v) is 4.46. The van der Waals surface area contributed by atoms with Crippen LogP contribution < -0.4 is 0 Å². The lowest BCUT2D eigenvalue weighted by atomic mass is 9.85. The Bertz CT molecular complexity index is 304. The zero-order valence-electron chi connectivity index (χ0n) is 9.35. The molecule has 2 aliphatic rings. The van der Waals surface area contributed by atoms with E-state index in [0.29, 0.717) is 24.4 Å². The zero-order valence-corrected chi connectivity index (χ0v) is 9.35. The number of rotatable bonds is 3. The molecule has 0 heterocycles. The largest absolute Gasteiger partial charge is 0.466 e. The van der Waals surface area contributed by atoms with Gasteiger partial charge in [-0.15, -0.1) is 0 Å². The Labute approximate surface area is 91.0 Å². The normalized spacial score (nSPS) is 37.7. The Balaban J connectivity index is 1.90. The molecule has 82 valence electrons. The fourth-order valence-electron chi connectivity index (χ4n) is 2.43. The molecule has 0 amide bonds. The van der Waals surface area contributed by atoms with Gasteiger partial charge in [-0.05, 0) is 31.1 Å². The van der Waals surface area contributed by atoms with Crippen LogP contribution in [0.1, 0.15) is 20.3 Å². The van der Waals surface area contributed by atoms with E-state index in [1.54, 1.807) is 0 Å². The van der Waals surface area contributed by atoms with Gasteiger partial charge in [-0.1, -0.05) is 31.2 Å². The highest BCUT2D eigenvalue weighted by Crippen LogP contribution is 2.49. The first-order chi connectivity index (χ1) is 7.24. The first-order valence-corrected chi connectivity index (χ1v) is 5.75. The van der Waals surface area contributed by atoms with Crippen molar-refractivity contribution in [3.8, 4) is 0 Å². The summed E-state index contributed by atoms with van der Waals surface area (Å²) in [6.45, 7) is 4.57. The van der Waals surface area contributed by atoms with Gasteiger partial charge in [-0.3, -0.25) is 4.79 Å². The minimum atomic E-state index is -0.00217. The Hall–Kier alpha value is -1.05. The molecule has 0 aromatic carbocycles. The molecule has 1 fully saturated rings. The SMILES string of the molecule is CCOC(=O)[C@@H]1C[C@@H]1C1C=CC=CC1C. The molecule has 2 nitrogen and oxygen atoms in total. The predicted molar refractivity (Wildman–Crippen MR) is 59.2 cm³/mol. The molecule has 0 radical (unpaired) electrons. The van der Waals surface area contributed by atoms with E-state index in [-0.39, 0.29) is 11.9 Å². The maximum absolute atomic E-state index is 11.5. The summed E-state index contributed by atoms with van der Waals surface area (Å²) in [4.78, 5) is 11.5. The molecule has 1 saturated carbocycles. The van der Waals surface area contributed by atoms with Crippen LogP contribution in [0.5, 0.6) is 0 Å². The molecule has 0 aliphatic heterocycles. The molecule has 0 aromatic rings. The number of carbonyl (C=O) groups is 1. The fraction of sp³-hybridized carbons (Fsp3) is 0.615. The smallest absolute Gasteiger partial charge is 0.309 e. The van der Waals surface area contributed by atoms with E-state index >= 15 is 0 Å². The summed E-state index contributed by atoms with van der Waals surface area (Å²) in [5.41, 5.74) is 0. The van der Waals surface area contributed by atoms with Gasteiger partial charge in [0.25, 0.3) is 0 Å². The number of hydrogen-bond donors (Lipinski definition) is 0. The minimum absolute atomic E-state index is 0.00217. The predicted octanol–water partition coefficient (Wildman–Crippen LogP) is 2.56. The molecule has 2 aliphatic carbocycles. The summed E-state index contributed by atoms with van der Waals surface area (Å²) >= 11 is 0. The summed E-state index contributed by atoms with van der Waals surface area (Å²) < 4.78 is 5.04. The van der Waals surface area contributed by atoms with Gasteiger partial charge in [0.2, 0.25) is 0 Å². The molecule has 0 spiro atoms. The van der Waals surface area contributed by atoms with Gasteiger partial charge in [0, 0.05) is 0 Å². The van der Waals surface area contributed by atoms with Gasteiger partial charge in [0.15, 0.2) is 0 Å². The van der Waals surface area contributed by atoms with E-state index in [0.717, 1.165) is 6.42 Å². The van der Waals surface area contributed by atoms with E-state index in [1.807, 2.05) is 6.92 Å². The second kappa shape index (κ2) is 4.21. The van der Waals surface area contributed by atoms with Crippen molar-refractivity contribution in [1.29, 1.82) is 0 Å². The fourth-order valence-corrected chi connectivity index (χ4v) is 2.43. The van der Waals surface area contributed by atoms with Gasteiger partial charge in [-0.2, -0.15) is 0 Å². The topological polar surface area (TPSA) is 26.3 Å². The number of allylic oxidation sites excluding steroid dienone is 4. The molecule has 0 aromatic heterocycles. The monoisotopic (exact) mass is 206 g/mol. The van der Waals surface area contributed by atoms with Gasteiger partial charge >= 0.3 is 5.97 Å². The highest BCUT2D eigenvalue weighted by atomic mass is 16.5. The molecule has 0 saturated heterocycles. The summed E-state index contributed by atoms with van der Waals surface area (Å²) in [6.07, 6.45) is 9.62. The molecule has 0 N–H and O–H groups in total. The lowest BCUT2D eigenvalue weighted by Gasteiger charge is -2.20. The standard InChI is InChI=1S/C13H18O2/c1-3-15-13(14)12-8-11(12)10-7-5-4-6-9(10)2/h4-7,9-12H,3,8H2,1-2H3/t9?,10?,11-,12-/m1/s1. The summed E-state index contributed by atoms with van der Waals surface area (Å²) in [6, 6.07) is 0. The van der Waals surface area contributed by atoms with Crippen LogP contribution in [-0.4, -0.2) is 12.6 Å². The van der Waals surface area contributed by atoms with Crippen molar-refractivity contribution < 1.29 is 9.53 Å². The van der Waals surface area contributed by atoms with E-state index < -0.39 is 0 Å². The van der Waals surface area contributed by atoms with Crippen LogP contribution in [-0.2, 0) is 9.53 Å². The number of ether oxygens (including phenoxy) is 1. The van der Waals surface area contributed by atoms with Gasteiger partial charge in [-0.25, -0.2) is 0 Å². The van der Waals surface area contributed by atoms with Crippen molar-refractivity contribution in [3.63, 3.8) is 0 Å². The number of carbonyl (C=O) groups excluding carboxylic acids is 1. The maximum atomic E-state index is 11.5. The molecule has 2 rings (SSSR count). The second-order valence-electron chi connectivity index (χ2n) is 4.46. The van der Waals surface area contributed by atoms with Crippen molar-refractivity contribution in [2.45, 2.75) is 20.3 Å². The molecular weight excluding hydrogens is 188 g/mol. The quantitative estimate of drug-likeness (QED) is 0.663. The molecule has 0 bridgehead atoms. The Morgan fingerprint density at radius 3 is 2.80 bits per heavy atom. The zero-order chi connectivity index (χ0) is 10.8. The summed E-state index contributed by atoms with van der Waals surface area (Å²) in [5.74, 6) is 1.76. The van der Waals surface area contributed by atoms with Crippen LogP contribution in [0.15, 0.2) is 24.3 Å². The maximum Gasteiger partial charge on any atom is 0.309 e. The van der Waals surface area contributed by atoms with E-state index in [9.17, 15) is 4.79 Å². The van der Waals surface area contributed by atoms with Crippen molar-refractivity contribution in [3.05, 3.63) is 24.3 Å². The lowest BCUT2D eigenvalue weighted by molar-refractivity contribution is -0.145. The third-order valence-corrected chi connectivity index (χ3v) is 3.39. The first kappa shape index (κ1) is 10.5. The minimum Gasteiger partial charge on any atom is -0.466 e. The van der Waals surface area contributed by atoms with Crippen LogP contribution >= 0.6 is 0 Å². The Kier molecular flexibility index (Phi) is 2.94. The van der Waals surface area contributed by atoms with E-state index in [2.05, 4.69) is 31.2 Å². The van der Waals surface area contributed by atoms with E-state index in [4.69, 9.17) is 4.74 Å². The van der Waals surface area contributed by atoms with Crippen LogP contribution in [0.3, 0.4) is 0 Å². The third-order valence-electron chi connectivity index (χ3n) is 3.39. The number of esters is 1. The van der Waals surface area contributed by atoms with Crippen molar-refractivity contribution in [1.82, 2.24) is 0 Å². The van der Waals surface area contributed by atoms with Crippen molar-refractivity contribution >= 4 is 5.97 Å². The van der Waals surface area contributed by atoms with Crippen LogP contribution in [0, 0.1) is 23.7 Å². The Morgan fingerprint density at radius 2 is 2.13 bits per heavy atom. The van der Waals surface area contributed by atoms with Crippen molar-refractivity contribution in [2.75, 3.05) is 6.61 Å². The average Bonchev–Trinajstić information content (AvgIpc) is 2.98. The van der Waals surface area contributed by atoms with Gasteiger partial charge < -0.3 is 4.74 Å². The summed E-state index contributed by atoms with van der Waals surface area (Å²) in [7, 11) is 0. The van der Waals surface area contributed by atoms with Gasteiger partial charge in [0.05, 0.1) is 12.5 Å². The van der Waals surface area contributed by atoms with Crippen LogP contribution in [0.25, 0.3) is 0 Å². The molecule has 15 heavy (non-hydrogen) atoms. The summed E-state index contributed by atoms with van der Waals surface area (Å²) in [5, 5.41) is 0. The third kappa shape index (κ3) is 2.14.